The maximum absolute atomic E-state index is 13.4. The molecular weight excluding hydrogens is 287 g/mol. The van der Waals surface area contributed by atoms with Crippen LogP contribution in [0.5, 0.6) is 5.75 Å². The Morgan fingerprint density at radius 2 is 2.05 bits per heavy atom. The summed E-state index contributed by atoms with van der Waals surface area (Å²) in [7, 11) is 1.46. The molecule has 108 valence electrons. The Labute approximate surface area is 126 Å². The van der Waals surface area contributed by atoms with Crippen LogP contribution in [0.4, 0.5) is 10.1 Å². The van der Waals surface area contributed by atoms with Crippen LogP contribution in [0.25, 0.3) is 10.2 Å². The van der Waals surface area contributed by atoms with Crippen LogP contribution >= 0.6 is 11.3 Å². The van der Waals surface area contributed by atoms with Gasteiger partial charge in [0, 0.05) is 11.8 Å². The Balaban J connectivity index is 1.83. The number of para-hydroxylation sites is 1. The zero-order valence-corrected chi connectivity index (χ0v) is 12.6. The molecule has 1 atom stereocenters. The second-order valence-electron chi connectivity index (χ2n) is 4.74. The van der Waals surface area contributed by atoms with Crippen LogP contribution in [0.3, 0.4) is 0 Å². The van der Waals surface area contributed by atoms with Crippen LogP contribution < -0.4 is 10.1 Å². The molecule has 0 fully saturated rings. The van der Waals surface area contributed by atoms with E-state index in [2.05, 4.69) is 16.4 Å². The molecule has 3 nitrogen and oxygen atoms in total. The lowest BCUT2D eigenvalue weighted by Crippen LogP contribution is -2.06. The Bertz CT molecular complexity index is 739. The fourth-order valence-electron chi connectivity index (χ4n) is 2.14. The number of hydrogen-bond donors (Lipinski definition) is 1. The molecule has 0 bridgehead atoms. The molecule has 0 amide bonds. The summed E-state index contributed by atoms with van der Waals surface area (Å²) < 4.78 is 19.6. The Morgan fingerprint density at radius 1 is 1.24 bits per heavy atom. The summed E-state index contributed by atoms with van der Waals surface area (Å²) in [5.41, 5.74) is 1.81. The summed E-state index contributed by atoms with van der Waals surface area (Å²) in [5.74, 6) is -0.132. The quantitative estimate of drug-likeness (QED) is 0.763. The number of halogens is 1. The molecule has 5 heteroatoms. The number of ether oxygens (including phenoxy) is 1. The maximum Gasteiger partial charge on any atom is 0.165 e. The average Bonchev–Trinajstić information content (AvgIpc) is 2.93. The number of thiazole rings is 1. The molecule has 2 aromatic carbocycles. The Morgan fingerprint density at radius 3 is 2.81 bits per heavy atom. The summed E-state index contributed by atoms with van der Waals surface area (Å²) >= 11 is 1.66. The monoisotopic (exact) mass is 302 g/mol. The van der Waals surface area contributed by atoms with Gasteiger partial charge in [-0.15, -0.1) is 11.3 Å². The molecule has 0 spiro atoms. The highest BCUT2D eigenvalue weighted by molar-refractivity contribution is 7.18. The van der Waals surface area contributed by atoms with Gasteiger partial charge in [-0.1, -0.05) is 12.1 Å². The minimum atomic E-state index is -0.365. The van der Waals surface area contributed by atoms with Gasteiger partial charge in [0.05, 0.1) is 23.4 Å². The van der Waals surface area contributed by atoms with E-state index in [4.69, 9.17) is 4.74 Å². The number of methoxy groups -OCH3 is 1. The van der Waals surface area contributed by atoms with Crippen LogP contribution in [0.1, 0.15) is 18.0 Å². The van der Waals surface area contributed by atoms with Crippen molar-refractivity contribution in [3.8, 4) is 5.75 Å². The van der Waals surface area contributed by atoms with E-state index in [1.807, 2.05) is 25.1 Å². The van der Waals surface area contributed by atoms with E-state index in [1.54, 1.807) is 23.5 Å². The van der Waals surface area contributed by atoms with E-state index < -0.39 is 0 Å². The first-order valence-corrected chi connectivity index (χ1v) is 7.44. The number of aromatic nitrogens is 1. The van der Waals surface area contributed by atoms with Crippen molar-refractivity contribution >= 4 is 27.2 Å². The third-order valence-corrected chi connectivity index (χ3v) is 4.43. The molecule has 0 radical (unpaired) electrons. The van der Waals surface area contributed by atoms with Crippen molar-refractivity contribution in [1.82, 2.24) is 4.98 Å². The number of hydrogen-bond acceptors (Lipinski definition) is 4. The predicted octanol–water partition coefficient (Wildman–Crippen LogP) is 4.62. The zero-order valence-electron chi connectivity index (χ0n) is 11.8. The SMILES string of the molecule is COc1cc(NC(C)c2nc3ccccc3s2)ccc1F. The van der Waals surface area contributed by atoms with Gasteiger partial charge < -0.3 is 10.1 Å². The van der Waals surface area contributed by atoms with E-state index in [1.165, 1.54) is 13.2 Å². The predicted molar refractivity (Wildman–Crippen MR) is 84.6 cm³/mol. The highest BCUT2D eigenvalue weighted by Gasteiger charge is 2.12. The normalized spacial score (nSPS) is 12.3. The van der Waals surface area contributed by atoms with Crippen molar-refractivity contribution in [3.05, 3.63) is 53.3 Å². The topological polar surface area (TPSA) is 34.1 Å². The van der Waals surface area contributed by atoms with Gasteiger partial charge in [0.1, 0.15) is 5.01 Å². The molecule has 21 heavy (non-hydrogen) atoms. The largest absolute Gasteiger partial charge is 0.494 e. The number of anilines is 1. The number of benzene rings is 2. The van der Waals surface area contributed by atoms with Crippen molar-refractivity contribution in [2.75, 3.05) is 12.4 Å². The first-order valence-electron chi connectivity index (χ1n) is 6.63. The van der Waals surface area contributed by atoms with Crippen molar-refractivity contribution < 1.29 is 9.13 Å². The summed E-state index contributed by atoms with van der Waals surface area (Å²) in [6.45, 7) is 2.04. The summed E-state index contributed by atoms with van der Waals surface area (Å²) in [4.78, 5) is 4.62. The second kappa shape index (κ2) is 5.69. The number of nitrogens with zero attached hydrogens (tertiary/aromatic N) is 1. The summed E-state index contributed by atoms with van der Waals surface area (Å²) in [6, 6.07) is 12.8. The Hall–Kier alpha value is -2.14. The lowest BCUT2D eigenvalue weighted by atomic mass is 10.2. The van der Waals surface area contributed by atoms with E-state index in [0.717, 1.165) is 20.9 Å². The van der Waals surface area contributed by atoms with Crippen LogP contribution in [0.2, 0.25) is 0 Å². The molecule has 1 N–H and O–H groups in total. The number of rotatable bonds is 4. The van der Waals surface area contributed by atoms with Crippen LogP contribution in [-0.4, -0.2) is 12.1 Å². The van der Waals surface area contributed by atoms with E-state index >= 15 is 0 Å². The third kappa shape index (κ3) is 2.83. The average molecular weight is 302 g/mol. The highest BCUT2D eigenvalue weighted by atomic mass is 32.1. The van der Waals surface area contributed by atoms with E-state index in [9.17, 15) is 4.39 Å². The summed E-state index contributed by atoms with van der Waals surface area (Å²) in [5, 5.41) is 4.32. The van der Waals surface area contributed by atoms with Crippen molar-refractivity contribution in [3.63, 3.8) is 0 Å². The fraction of sp³-hybridized carbons (Fsp3) is 0.188. The molecule has 0 saturated heterocycles. The van der Waals surface area contributed by atoms with Crippen molar-refractivity contribution in [1.29, 1.82) is 0 Å². The number of fused-ring (bicyclic) bond motifs is 1. The molecule has 3 rings (SSSR count). The van der Waals surface area contributed by atoms with Gasteiger partial charge >= 0.3 is 0 Å². The molecule has 0 aliphatic rings. The minimum absolute atomic E-state index is 0.0394. The molecule has 0 saturated carbocycles. The van der Waals surface area contributed by atoms with Crippen molar-refractivity contribution in [2.45, 2.75) is 13.0 Å². The Kier molecular flexibility index (Phi) is 3.75. The first-order chi connectivity index (χ1) is 10.2. The van der Waals surface area contributed by atoms with Gasteiger partial charge in [-0.05, 0) is 31.2 Å². The van der Waals surface area contributed by atoms with Gasteiger partial charge in [0.25, 0.3) is 0 Å². The smallest absolute Gasteiger partial charge is 0.165 e. The third-order valence-electron chi connectivity index (χ3n) is 3.22. The molecule has 1 heterocycles. The highest BCUT2D eigenvalue weighted by Crippen LogP contribution is 2.29. The lowest BCUT2D eigenvalue weighted by molar-refractivity contribution is 0.387. The molecular formula is C16H15FN2OS. The standard InChI is InChI=1S/C16H15FN2OS/c1-10(16-19-13-5-3-4-6-15(13)21-16)18-11-7-8-12(17)14(9-11)20-2/h3-10,18H,1-2H3. The minimum Gasteiger partial charge on any atom is -0.494 e. The van der Waals surface area contributed by atoms with E-state index in [0.29, 0.717) is 0 Å². The molecule has 3 aromatic rings. The molecule has 1 unspecified atom stereocenters. The van der Waals surface area contributed by atoms with Gasteiger partial charge in [0.15, 0.2) is 11.6 Å². The first kappa shape index (κ1) is 13.8. The van der Waals surface area contributed by atoms with Crippen LogP contribution in [0, 0.1) is 5.82 Å². The molecule has 0 aliphatic heterocycles. The lowest BCUT2D eigenvalue weighted by Gasteiger charge is -2.13. The van der Waals surface area contributed by atoms with Gasteiger partial charge in [-0.3, -0.25) is 0 Å². The van der Waals surface area contributed by atoms with E-state index in [-0.39, 0.29) is 17.6 Å². The van der Waals surface area contributed by atoms with Crippen molar-refractivity contribution in [2.24, 2.45) is 0 Å². The van der Waals surface area contributed by atoms with Gasteiger partial charge in [-0.2, -0.15) is 0 Å². The van der Waals surface area contributed by atoms with Crippen LogP contribution in [0.15, 0.2) is 42.5 Å². The molecule has 0 aliphatic carbocycles. The maximum atomic E-state index is 13.4. The second-order valence-corrected chi connectivity index (χ2v) is 5.80. The zero-order chi connectivity index (χ0) is 14.8. The summed E-state index contributed by atoms with van der Waals surface area (Å²) in [6.07, 6.45) is 0. The van der Waals surface area contributed by atoms with Crippen LogP contribution in [-0.2, 0) is 0 Å². The fourth-order valence-corrected chi connectivity index (χ4v) is 3.11. The van der Waals surface area contributed by atoms with Gasteiger partial charge in [0.2, 0.25) is 0 Å². The number of nitrogens with one attached hydrogen (secondary N) is 1. The van der Waals surface area contributed by atoms with Gasteiger partial charge in [-0.25, -0.2) is 9.37 Å². The molecule has 1 aromatic heterocycles.